The predicted octanol–water partition coefficient (Wildman–Crippen LogP) is 4.13. The van der Waals surface area contributed by atoms with Crippen LogP contribution in [0.1, 0.15) is 41.5 Å². The van der Waals surface area contributed by atoms with Gasteiger partial charge in [-0.05, 0) is 44.2 Å². The molecule has 0 bridgehead atoms. The first kappa shape index (κ1) is 25.1. The van der Waals surface area contributed by atoms with Gasteiger partial charge in [-0.25, -0.2) is 4.79 Å². The molecule has 2 rings (SSSR count). The second-order valence-electron chi connectivity index (χ2n) is 8.89. The molecule has 2 amide bonds. The molecule has 168 valence electrons. The van der Waals surface area contributed by atoms with E-state index in [4.69, 9.17) is 16.5 Å². The first-order chi connectivity index (χ1) is 14.4. The summed E-state index contributed by atoms with van der Waals surface area (Å²) < 4.78 is 5.27. The molecular formula is C24H33N2O3PS. The Labute approximate surface area is 191 Å². The summed E-state index contributed by atoms with van der Waals surface area (Å²) in [6.07, 6.45) is -0.623. The fourth-order valence-corrected chi connectivity index (χ4v) is 8.21. The minimum Gasteiger partial charge on any atom is -0.444 e. The lowest BCUT2D eigenvalue weighted by molar-refractivity contribution is -0.123. The van der Waals surface area contributed by atoms with Crippen molar-refractivity contribution >= 4 is 40.5 Å². The summed E-state index contributed by atoms with van der Waals surface area (Å²) in [7, 11) is 0. The van der Waals surface area contributed by atoms with Crippen LogP contribution in [-0.4, -0.2) is 29.4 Å². The number of rotatable bonds is 7. The Bertz CT molecular complexity index is 883. The van der Waals surface area contributed by atoms with Crippen LogP contribution < -0.4 is 21.2 Å². The van der Waals surface area contributed by atoms with Gasteiger partial charge in [0.05, 0.1) is 5.78 Å². The summed E-state index contributed by atoms with van der Waals surface area (Å²) in [5, 5.41) is 7.86. The van der Waals surface area contributed by atoms with E-state index in [1.54, 1.807) is 27.7 Å². The van der Waals surface area contributed by atoms with Gasteiger partial charge in [-0.3, -0.25) is 4.79 Å². The summed E-state index contributed by atoms with van der Waals surface area (Å²) in [5.74, 6) is -0.475. The van der Waals surface area contributed by atoms with Crippen LogP contribution in [0.4, 0.5) is 4.79 Å². The monoisotopic (exact) mass is 460 g/mol. The zero-order valence-corrected chi connectivity index (χ0v) is 20.8. The molecule has 0 fully saturated rings. The second-order valence-corrected chi connectivity index (χ2v) is 13.5. The Morgan fingerprint density at radius 1 is 0.871 bits per heavy atom. The summed E-state index contributed by atoms with van der Waals surface area (Å²) in [6, 6.07) is 16.8. The van der Waals surface area contributed by atoms with E-state index in [2.05, 4.69) is 24.5 Å². The molecule has 0 saturated heterocycles. The molecule has 7 heteroatoms. The fourth-order valence-electron chi connectivity index (χ4n) is 3.27. The van der Waals surface area contributed by atoms with Gasteiger partial charge in [-0.15, -0.1) is 0 Å². The van der Waals surface area contributed by atoms with Crippen LogP contribution in [0.15, 0.2) is 60.7 Å². The molecular weight excluding hydrogens is 427 g/mol. The smallest absolute Gasteiger partial charge is 0.408 e. The maximum absolute atomic E-state index is 13.1. The van der Waals surface area contributed by atoms with E-state index in [9.17, 15) is 9.59 Å². The quantitative estimate of drug-likeness (QED) is 0.610. The van der Waals surface area contributed by atoms with Gasteiger partial charge < -0.3 is 15.4 Å². The van der Waals surface area contributed by atoms with Crippen LogP contribution in [0.2, 0.25) is 0 Å². The molecule has 0 heterocycles. The molecule has 5 nitrogen and oxygen atoms in total. The van der Waals surface area contributed by atoms with E-state index in [0.717, 1.165) is 10.6 Å². The summed E-state index contributed by atoms with van der Waals surface area (Å²) >= 11 is 6.38. The molecule has 0 aliphatic rings. The molecule has 0 saturated carbocycles. The molecule has 0 spiro atoms. The zero-order chi connectivity index (χ0) is 23.2. The molecule has 2 aromatic carbocycles. The number of amides is 2. The van der Waals surface area contributed by atoms with Crippen molar-refractivity contribution in [2.75, 3.05) is 0 Å². The highest BCUT2D eigenvalue weighted by molar-refractivity contribution is 8.22. The Hall–Kier alpha value is -2.17. The average molecular weight is 461 g/mol. The van der Waals surface area contributed by atoms with Crippen LogP contribution in [0, 0.1) is 5.92 Å². The number of hydrogen-bond acceptors (Lipinski definition) is 4. The number of nitrogens with one attached hydrogen (secondary N) is 2. The van der Waals surface area contributed by atoms with Crippen molar-refractivity contribution in [1.82, 2.24) is 10.6 Å². The lowest BCUT2D eigenvalue weighted by Gasteiger charge is -2.36. The standard InChI is InChI=1S/C24H33N2O3PS/c1-17(2)22(26-21(27)18(3)25-23(28)29-24(4,5)6)30(31,19-13-9-7-10-14-19)20-15-11-8-12-16-20/h7-18,22H,1-6H3,(H,25,28)(H,26,27)/t18-,22+/m0/s1. The second kappa shape index (κ2) is 10.4. The Balaban J connectivity index is 2.34. The molecule has 0 aromatic heterocycles. The van der Waals surface area contributed by atoms with Crippen LogP contribution >= 0.6 is 6.04 Å². The van der Waals surface area contributed by atoms with E-state index < -0.39 is 23.8 Å². The molecule has 0 radical (unpaired) electrons. The van der Waals surface area contributed by atoms with E-state index in [-0.39, 0.29) is 17.6 Å². The highest BCUT2D eigenvalue weighted by Gasteiger charge is 2.36. The normalized spacial score (nSPS) is 13.9. The highest BCUT2D eigenvalue weighted by Crippen LogP contribution is 2.50. The van der Waals surface area contributed by atoms with Crippen molar-refractivity contribution in [1.29, 1.82) is 0 Å². The first-order valence-electron chi connectivity index (χ1n) is 10.5. The third-order valence-corrected chi connectivity index (χ3v) is 10.3. The maximum atomic E-state index is 13.1. The lowest BCUT2D eigenvalue weighted by Crippen LogP contribution is -2.51. The predicted molar refractivity (Wildman–Crippen MR) is 132 cm³/mol. The highest BCUT2D eigenvalue weighted by atomic mass is 32.4. The molecule has 0 unspecified atom stereocenters. The fraction of sp³-hybridized carbons (Fsp3) is 0.417. The number of ether oxygens (including phenoxy) is 1. The molecule has 2 aromatic rings. The minimum absolute atomic E-state index is 0.0870. The number of carbonyl (C=O) groups excluding carboxylic acids is 2. The SMILES string of the molecule is CC(C)[C@H](NC(=O)[C@H](C)NC(=O)OC(C)(C)C)P(=S)(c1ccccc1)c1ccccc1. The first-order valence-corrected chi connectivity index (χ1v) is 13.3. The van der Waals surface area contributed by atoms with Gasteiger partial charge in [0.2, 0.25) is 5.91 Å². The Kier molecular flexibility index (Phi) is 8.44. The van der Waals surface area contributed by atoms with Gasteiger partial charge in [-0.2, -0.15) is 0 Å². The van der Waals surface area contributed by atoms with E-state index in [1.807, 2.05) is 60.7 Å². The third-order valence-electron chi connectivity index (χ3n) is 4.72. The van der Waals surface area contributed by atoms with Crippen LogP contribution in [0.5, 0.6) is 0 Å². The zero-order valence-electron chi connectivity index (χ0n) is 19.1. The minimum atomic E-state index is -2.39. The van der Waals surface area contributed by atoms with Gasteiger partial charge in [0.1, 0.15) is 11.6 Å². The van der Waals surface area contributed by atoms with Crippen molar-refractivity contribution in [2.45, 2.75) is 59.0 Å². The van der Waals surface area contributed by atoms with Crippen molar-refractivity contribution in [2.24, 2.45) is 5.92 Å². The van der Waals surface area contributed by atoms with Crippen molar-refractivity contribution in [3.8, 4) is 0 Å². The van der Waals surface area contributed by atoms with Crippen LogP contribution in [0.3, 0.4) is 0 Å². The maximum Gasteiger partial charge on any atom is 0.408 e. The lowest BCUT2D eigenvalue weighted by atomic mass is 10.2. The molecule has 31 heavy (non-hydrogen) atoms. The molecule has 0 aliphatic heterocycles. The number of benzene rings is 2. The largest absolute Gasteiger partial charge is 0.444 e. The third kappa shape index (κ3) is 6.65. The number of carbonyl (C=O) groups is 2. The number of alkyl carbamates (subject to hydrolysis) is 1. The van der Waals surface area contributed by atoms with Crippen molar-refractivity contribution < 1.29 is 14.3 Å². The van der Waals surface area contributed by atoms with Crippen molar-refractivity contribution in [3.05, 3.63) is 60.7 Å². The average Bonchev–Trinajstić information content (AvgIpc) is 2.70. The van der Waals surface area contributed by atoms with Gasteiger partial charge in [-0.1, -0.05) is 86.3 Å². The Morgan fingerprint density at radius 2 is 1.32 bits per heavy atom. The van der Waals surface area contributed by atoms with Crippen LogP contribution in [-0.2, 0) is 21.3 Å². The topological polar surface area (TPSA) is 67.4 Å². The molecule has 2 N–H and O–H groups in total. The summed E-state index contributed by atoms with van der Waals surface area (Å²) in [6.45, 7) is 11.1. The van der Waals surface area contributed by atoms with E-state index >= 15 is 0 Å². The van der Waals surface area contributed by atoms with Gasteiger partial charge >= 0.3 is 6.09 Å². The summed E-state index contributed by atoms with van der Waals surface area (Å²) in [4.78, 5) is 25.2. The molecule has 2 atom stereocenters. The number of hydrogen-bond donors (Lipinski definition) is 2. The Morgan fingerprint density at radius 3 is 1.71 bits per heavy atom. The van der Waals surface area contributed by atoms with E-state index in [1.165, 1.54) is 0 Å². The van der Waals surface area contributed by atoms with Crippen LogP contribution in [0.25, 0.3) is 0 Å². The van der Waals surface area contributed by atoms with Gasteiger partial charge in [0, 0.05) is 6.04 Å². The van der Waals surface area contributed by atoms with Crippen molar-refractivity contribution in [3.63, 3.8) is 0 Å². The van der Waals surface area contributed by atoms with E-state index in [0.29, 0.717) is 0 Å². The van der Waals surface area contributed by atoms with Gasteiger partial charge in [0.15, 0.2) is 0 Å². The summed E-state index contributed by atoms with van der Waals surface area (Å²) in [5.41, 5.74) is -0.636. The van der Waals surface area contributed by atoms with Gasteiger partial charge in [0.25, 0.3) is 0 Å². The molecule has 0 aliphatic carbocycles.